The fourth-order valence-corrected chi connectivity index (χ4v) is 2.87. The minimum Gasteiger partial charge on any atom is -0.483 e. The molecule has 0 aliphatic heterocycles. The van der Waals surface area contributed by atoms with Crippen LogP contribution in [0.3, 0.4) is 0 Å². The maximum absolute atomic E-state index is 12.4. The third-order valence-corrected chi connectivity index (χ3v) is 4.52. The number of hydrogen-bond donors (Lipinski definition) is 1. The number of halogens is 1. The topological polar surface area (TPSA) is 98.5 Å². The highest BCUT2D eigenvalue weighted by atomic mass is 35.5. The number of hydrogen-bond acceptors (Lipinski definition) is 5. The summed E-state index contributed by atoms with van der Waals surface area (Å²) in [6.45, 7) is 1.64. The highest BCUT2D eigenvalue weighted by Gasteiger charge is 2.20. The molecule has 0 heterocycles. The normalized spacial score (nSPS) is 11.4. The number of rotatable bonds is 7. The van der Waals surface area contributed by atoms with Crippen molar-refractivity contribution in [1.29, 1.82) is 0 Å². The van der Waals surface area contributed by atoms with Crippen molar-refractivity contribution in [3.05, 3.63) is 99.1 Å². The Labute approximate surface area is 177 Å². The monoisotopic (exact) mass is 424 g/mol. The minimum atomic E-state index is -0.724. The summed E-state index contributed by atoms with van der Waals surface area (Å²) < 4.78 is 5.67. The fraction of sp³-hybridized carbons (Fsp3) is 0.0909. The van der Waals surface area contributed by atoms with E-state index >= 15 is 0 Å². The van der Waals surface area contributed by atoms with Crippen molar-refractivity contribution in [3.8, 4) is 5.75 Å². The predicted octanol–water partition coefficient (Wildman–Crippen LogP) is 5.15. The number of nitro benzene ring substituents is 1. The van der Waals surface area contributed by atoms with Crippen molar-refractivity contribution in [3.63, 3.8) is 0 Å². The lowest BCUT2D eigenvalue weighted by Gasteiger charge is -2.14. The Hall–Kier alpha value is -3.71. The van der Waals surface area contributed by atoms with E-state index in [0.29, 0.717) is 22.0 Å². The maximum atomic E-state index is 12.4. The second-order valence-corrected chi connectivity index (χ2v) is 6.82. The molecule has 0 saturated carbocycles. The van der Waals surface area contributed by atoms with E-state index in [0.717, 1.165) is 0 Å². The lowest BCUT2D eigenvalue weighted by atomic mass is 10.1. The molecule has 1 amide bonds. The van der Waals surface area contributed by atoms with Crippen LogP contribution in [0.2, 0.25) is 5.02 Å². The molecule has 152 valence electrons. The van der Waals surface area contributed by atoms with Gasteiger partial charge in [0.05, 0.1) is 4.92 Å². The number of Topliss-reactive ketones (excluding diaryl/α,β-unsaturated/α-hetero) is 1. The Balaban J connectivity index is 1.65. The van der Waals surface area contributed by atoms with Gasteiger partial charge in [-0.05, 0) is 61.5 Å². The fourth-order valence-electron chi connectivity index (χ4n) is 2.75. The van der Waals surface area contributed by atoms with Crippen LogP contribution in [0.15, 0.2) is 72.8 Å². The average Bonchev–Trinajstić information content (AvgIpc) is 2.75. The van der Waals surface area contributed by atoms with Gasteiger partial charge in [-0.15, -0.1) is 0 Å². The minimum absolute atomic E-state index is 0.0370. The highest BCUT2D eigenvalue weighted by Crippen LogP contribution is 2.22. The van der Waals surface area contributed by atoms with Crippen LogP contribution < -0.4 is 10.1 Å². The second kappa shape index (κ2) is 9.19. The Morgan fingerprint density at radius 3 is 2.27 bits per heavy atom. The largest absolute Gasteiger partial charge is 0.483 e. The Morgan fingerprint density at radius 1 is 1.00 bits per heavy atom. The molecule has 0 fully saturated rings. The molecule has 0 radical (unpaired) electrons. The molecule has 0 spiro atoms. The molecule has 8 heteroatoms. The van der Waals surface area contributed by atoms with Gasteiger partial charge in [-0.3, -0.25) is 19.7 Å². The SMILES string of the molecule is CC(Oc1ccc(NC(=O)c2ccccc2[N+](=O)[O-])cc1)C(=O)c1ccc(Cl)cc1. The number of carbonyl (C=O) groups is 2. The van der Waals surface area contributed by atoms with Gasteiger partial charge in [-0.1, -0.05) is 23.7 Å². The number of ketones is 1. The summed E-state index contributed by atoms with van der Waals surface area (Å²) in [6, 6.07) is 18.6. The molecule has 1 N–H and O–H groups in total. The average molecular weight is 425 g/mol. The first-order valence-electron chi connectivity index (χ1n) is 8.96. The molecule has 30 heavy (non-hydrogen) atoms. The van der Waals surface area contributed by atoms with Crippen molar-refractivity contribution >= 4 is 34.7 Å². The smallest absolute Gasteiger partial charge is 0.282 e. The zero-order chi connectivity index (χ0) is 21.7. The van der Waals surface area contributed by atoms with Crippen LogP contribution in [0, 0.1) is 10.1 Å². The Kier molecular flexibility index (Phi) is 6.44. The van der Waals surface area contributed by atoms with Gasteiger partial charge >= 0.3 is 0 Å². The molecule has 0 bridgehead atoms. The lowest BCUT2D eigenvalue weighted by Crippen LogP contribution is -2.23. The number of para-hydroxylation sites is 1. The van der Waals surface area contributed by atoms with Crippen molar-refractivity contribution in [2.24, 2.45) is 0 Å². The third kappa shape index (κ3) is 5.01. The van der Waals surface area contributed by atoms with Crippen molar-refractivity contribution in [2.75, 3.05) is 5.32 Å². The lowest BCUT2D eigenvalue weighted by molar-refractivity contribution is -0.385. The second-order valence-electron chi connectivity index (χ2n) is 6.38. The number of nitro groups is 1. The molecule has 0 saturated heterocycles. The van der Waals surface area contributed by atoms with Gasteiger partial charge in [0, 0.05) is 22.3 Å². The Morgan fingerprint density at radius 2 is 1.63 bits per heavy atom. The number of benzene rings is 3. The van der Waals surface area contributed by atoms with Crippen LogP contribution in [0.4, 0.5) is 11.4 Å². The third-order valence-electron chi connectivity index (χ3n) is 4.27. The van der Waals surface area contributed by atoms with Crippen LogP contribution in [-0.2, 0) is 0 Å². The molecule has 3 rings (SSSR count). The van der Waals surface area contributed by atoms with Crippen LogP contribution >= 0.6 is 11.6 Å². The summed E-state index contributed by atoms with van der Waals surface area (Å²) in [5, 5.41) is 14.2. The zero-order valence-electron chi connectivity index (χ0n) is 15.9. The number of anilines is 1. The molecule has 3 aromatic carbocycles. The zero-order valence-corrected chi connectivity index (χ0v) is 16.6. The first kappa shape index (κ1) is 21.0. The molecule has 3 aromatic rings. The first-order valence-corrected chi connectivity index (χ1v) is 9.34. The summed E-state index contributed by atoms with van der Waals surface area (Å²) in [4.78, 5) is 35.3. The van der Waals surface area contributed by atoms with E-state index in [1.807, 2.05) is 0 Å². The van der Waals surface area contributed by atoms with Crippen molar-refractivity contribution in [1.82, 2.24) is 0 Å². The van der Waals surface area contributed by atoms with E-state index in [9.17, 15) is 19.7 Å². The first-order chi connectivity index (χ1) is 14.3. The van der Waals surface area contributed by atoms with Crippen LogP contribution in [0.1, 0.15) is 27.6 Å². The number of amides is 1. The quantitative estimate of drug-likeness (QED) is 0.321. The Bertz CT molecular complexity index is 1080. The number of nitrogens with zero attached hydrogens (tertiary/aromatic N) is 1. The van der Waals surface area contributed by atoms with Gasteiger partial charge in [0.15, 0.2) is 6.10 Å². The molecule has 0 aromatic heterocycles. The van der Waals surface area contributed by atoms with E-state index in [2.05, 4.69) is 5.32 Å². The predicted molar refractivity (Wildman–Crippen MR) is 113 cm³/mol. The number of nitrogens with one attached hydrogen (secondary N) is 1. The number of ether oxygens (including phenoxy) is 1. The van der Waals surface area contributed by atoms with E-state index in [4.69, 9.17) is 16.3 Å². The summed E-state index contributed by atoms with van der Waals surface area (Å²) >= 11 is 5.83. The molecule has 1 atom stereocenters. The maximum Gasteiger partial charge on any atom is 0.282 e. The van der Waals surface area contributed by atoms with Crippen LogP contribution in [0.5, 0.6) is 5.75 Å². The van der Waals surface area contributed by atoms with Crippen LogP contribution in [0.25, 0.3) is 0 Å². The summed E-state index contributed by atoms with van der Waals surface area (Å²) in [7, 11) is 0. The van der Waals surface area contributed by atoms with Crippen molar-refractivity contribution < 1.29 is 19.2 Å². The molecule has 0 aliphatic carbocycles. The molecular formula is C22H17ClN2O5. The number of carbonyl (C=O) groups excluding carboxylic acids is 2. The highest BCUT2D eigenvalue weighted by molar-refractivity contribution is 6.30. The van der Waals surface area contributed by atoms with E-state index in [1.54, 1.807) is 61.5 Å². The van der Waals surface area contributed by atoms with Gasteiger partial charge in [0.1, 0.15) is 11.3 Å². The van der Waals surface area contributed by atoms with Gasteiger partial charge in [0.2, 0.25) is 5.78 Å². The summed E-state index contributed by atoms with van der Waals surface area (Å²) in [5.74, 6) is -0.351. The van der Waals surface area contributed by atoms with Gasteiger partial charge in [-0.2, -0.15) is 0 Å². The molecular weight excluding hydrogens is 408 g/mol. The van der Waals surface area contributed by atoms with Gasteiger partial charge < -0.3 is 10.1 Å². The van der Waals surface area contributed by atoms with E-state index < -0.39 is 16.9 Å². The van der Waals surface area contributed by atoms with Gasteiger partial charge in [0.25, 0.3) is 11.6 Å². The summed E-state index contributed by atoms with van der Waals surface area (Å²) in [5.41, 5.74) is 0.608. The standard InChI is InChI=1S/C22H17ClN2O5/c1-14(21(26)15-6-8-16(23)9-7-15)30-18-12-10-17(11-13-18)24-22(27)19-4-2-3-5-20(19)25(28)29/h2-14H,1H3,(H,24,27). The molecule has 0 aliphatic rings. The van der Waals surface area contributed by atoms with Crippen LogP contribution in [-0.4, -0.2) is 22.7 Å². The van der Waals surface area contributed by atoms with Crippen molar-refractivity contribution in [2.45, 2.75) is 13.0 Å². The van der Waals surface area contributed by atoms with E-state index in [1.165, 1.54) is 18.2 Å². The van der Waals surface area contributed by atoms with E-state index in [-0.39, 0.29) is 17.0 Å². The molecule has 1 unspecified atom stereocenters. The summed E-state index contributed by atoms with van der Waals surface area (Å²) in [6.07, 6.45) is -0.724. The van der Waals surface area contributed by atoms with Gasteiger partial charge in [-0.25, -0.2) is 0 Å². The molecule has 7 nitrogen and oxygen atoms in total.